The number of thiazole rings is 1. The predicted molar refractivity (Wildman–Crippen MR) is 85.3 cm³/mol. The normalized spacial score (nSPS) is 12.0. The van der Waals surface area contributed by atoms with Crippen LogP contribution in [0.2, 0.25) is 0 Å². The summed E-state index contributed by atoms with van der Waals surface area (Å²) in [5.41, 5.74) is 3.27. The molecule has 5 heteroatoms. The van der Waals surface area contributed by atoms with Gasteiger partial charge in [-0.25, -0.2) is 4.98 Å². The Morgan fingerprint density at radius 3 is 2.86 bits per heavy atom. The number of fused-ring (bicyclic) bond motifs is 1. The lowest BCUT2D eigenvalue weighted by Crippen LogP contribution is -2.08. The van der Waals surface area contributed by atoms with Crippen LogP contribution in [-0.4, -0.2) is 9.97 Å². The Kier molecular flexibility index (Phi) is 3.55. The van der Waals surface area contributed by atoms with Crippen LogP contribution in [0.4, 0.5) is 5.69 Å². The number of hydrogen-bond acceptors (Lipinski definition) is 5. The van der Waals surface area contributed by atoms with Gasteiger partial charge >= 0.3 is 0 Å². The molecular formula is C16H14N4S. The number of pyridine rings is 1. The molecule has 1 N–H and O–H groups in total. The Labute approximate surface area is 127 Å². The van der Waals surface area contributed by atoms with E-state index in [2.05, 4.69) is 28.3 Å². The van der Waals surface area contributed by atoms with E-state index in [9.17, 15) is 5.26 Å². The van der Waals surface area contributed by atoms with E-state index in [-0.39, 0.29) is 6.04 Å². The molecule has 1 aromatic carbocycles. The van der Waals surface area contributed by atoms with Crippen molar-refractivity contribution >= 4 is 27.9 Å². The summed E-state index contributed by atoms with van der Waals surface area (Å²) in [6.07, 6.45) is 1.62. The molecule has 0 fully saturated rings. The molecule has 21 heavy (non-hydrogen) atoms. The molecule has 0 saturated carbocycles. The molecule has 1 atom stereocenters. The number of nitrogens with one attached hydrogen (secondary N) is 1. The number of anilines is 1. The summed E-state index contributed by atoms with van der Waals surface area (Å²) in [5.74, 6) is 0. The minimum absolute atomic E-state index is 0.0432. The van der Waals surface area contributed by atoms with Crippen LogP contribution in [-0.2, 0) is 0 Å². The first-order chi connectivity index (χ1) is 10.2. The molecule has 0 saturated heterocycles. The summed E-state index contributed by atoms with van der Waals surface area (Å²) in [5, 5.41) is 16.7. The second-order valence-corrected chi connectivity index (χ2v) is 5.76. The van der Waals surface area contributed by atoms with E-state index in [1.165, 1.54) is 0 Å². The zero-order chi connectivity index (χ0) is 14.8. The van der Waals surface area contributed by atoms with Gasteiger partial charge in [-0.3, -0.25) is 4.98 Å². The summed E-state index contributed by atoms with van der Waals surface area (Å²) in [7, 11) is 0. The van der Waals surface area contributed by atoms with E-state index in [1.807, 2.05) is 36.6 Å². The maximum Gasteiger partial charge on any atom is 0.115 e. The third-order valence-corrected chi connectivity index (χ3v) is 4.41. The van der Waals surface area contributed by atoms with Crippen LogP contribution in [0, 0.1) is 18.3 Å². The van der Waals surface area contributed by atoms with E-state index in [4.69, 9.17) is 0 Å². The quantitative estimate of drug-likeness (QED) is 0.791. The molecule has 0 aliphatic heterocycles. The van der Waals surface area contributed by atoms with Gasteiger partial charge in [0.25, 0.3) is 0 Å². The molecule has 2 aromatic heterocycles. The van der Waals surface area contributed by atoms with Crippen molar-refractivity contribution in [3.05, 3.63) is 52.1 Å². The predicted octanol–water partition coefficient (Wildman–Crippen LogP) is 4.04. The summed E-state index contributed by atoms with van der Waals surface area (Å²) in [4.78, 5) is 8.82. The molecule has 0 spiro atoms. The molecule has 4 nitrogen and oxygen atoms in total. The molecule has 0 amide bonds. The van der Waals surface area contributed by atoms with Crippen molar-refractivity contribution in [2.75, 3.05) is 5.32 Å². The molecule has 0 bridgehead atoms. The fourth-order valence-corrected chi connectivity index (χ4v) is 3.03. The summed E-state index contributed by atoms with van der Waals surface area (Å²) >= 11 is 1.62. The fourth-order valence-electron chi connectivity index (χ4n) is 2.23. The fraction of sp³-hybridized carbons (Fsp3) is 0.188. The number of para-hydroxylation sites is 1. The van der Waals surface area contributed by atoms with Crippen molar-refractivity contribution in [3.63, 3.8) is 0 Å². The van der Waals surface area contributed by atoms with Crippen molar-refractivity contribution in [1.29, 1.82) is 5.26 Å². The summed E-state index contributed by atoms with van der Waals surface area (Å²) in [6.45, 7) is 4.03. The highest BCUT2D eigenvalue weighted by Crippen LogP contribution is 2.29. The number of rotatable bonds is 3. The van der Waals surface area contributed by atoms with Crippen LogP contribution in [0.3, 0.4) is 0 Å². The minimum atomic E-state index is 0.0432. The van der Waals surface area contributed by atoms with E-state index in [0.29, 0.717) is 5.56 Å². The molecule has 3 aromatic rings. The number of nitrogens with zero attached hydrogens (tertiary/aromatic N) is 3. The molecule has 1 unspecified atom stereocenters. The lowest BCUT2D eigenvalue weighted by molar-refractivity contribution is 0.864. The second-order valence-electron chi connectivity index (χ2n) is 4.87. The maximum absolute atomic E-state index is 9.32. The third-order valence-electron chi connectivity index (χ3n) is 3.26. The van der Waals surface area contributed by atoms with Crippen molar-refractivity contribution in [1.82, 2.24) is 9.97 Å². The lowest BCUT2D eigenvalue weighted by Gasteiger charge is -2.16. The average molecular weight is 294 g/mol. The SMILES string of the molecule is Cc1csc(C(C)Nc2c(C#N)cnc3ccccc23)n1. The highest BCUT2D eigenvalue weighted by Gasteiger charge is 2.14. The second kappa shape index (κ2) is 5.51. The molecule has 0 radical (unpaired) electrons. The Balaban J connectivity index is 2.05. The molecule has 0 aliphatic rings. The van der Waals surface area contributed by atoms with E-state index in [0.717, 1.165) is 27.3 Å². The Bertz CT molecular complexity index is 832. The molecule has 0 aliphatic carbocycles. The van der Waals surface area contributed by atoms with Gasteiger partial charge in [-0.15, -0.1) is 11.3 Å². The van der Waals surface area contributed by atoms with Crippen LogP contribution < -0.4 is 5.32 Å². The monoisotopic (exact) mass is 294 g/mol. The zero-order valence-electron chi connectivity index (χ0n) is 11.8. The molecule has 104 valence electrons. The number of aryl methyl sites for hydroxylation is 1. The highest BCUT2D eigenvalue weighted by atomic mass is 32.1. The van der Waals surface area contributed by atoms with Gasteiger partial charge in [0.15, 0.2) is 0 Å². The Morgan fingerprint density at radius 1 is 1.33 bits per heavy atom. The van der Waals surface area contributed by atoms with Crippen LogP contribution in [0.5, 0.6) is 0 Å². The number of benzene rings is 1. The first kappa shape index (κ1) is 13.5. The number of hydrogen-bond donors (Lipinski definition) is 1. The maximum atomic E-state index is 9.32. The van der Waals surface area contributed by atoms with E-state index < -0.39 is 0 Å². The lowest BCUT2D eigenvalue weighted by atomic mass is 10.1. The van der Waals surface area contributed by atoms with Gasteiger partial charge in [0.05, 0.1) is 22.8 Å². The third kappa shape index (κ3) is 2.58. The molecular weight excluding hydrogens is 280 g/mol. The van der Waals surface area contributed by atoms with Crippen molar-refractivity contribution in [3.8, 4) is 6.07 Å². The van der Waals surface area contributed by atoms with Gasteiger partial charge in [0.2, 0.25) is 0 Å². The zero-order valence-corrected chi connectivity index (χ0v) is 12.6. The van der Waals surface area contributed by atoms with Gasteiger partial charge in [-0.05, 0) is 19.9 Å². The van der Waals surface area contributed by atoms with Crippen molar-refractivity contribution < 1.29 is 0 Å². The minimum Gasteiger partial charge on any atom is -0.374 e. The van der Waals surface area contributed by atoms with Crippen molar-refractivity contribution in [2.45, 2.75) is 19.9 Å². The van der Waals surface area contributed by atoms with Gasteiger partial charge < -0.3 is 5.32 Å². The number of nitriles is 1. The Morgan fingerprint density at radius 2 is 2.14 bits per heavy atom. The summed E-state index contributed by atoms with van der Waals surface area (Å²) in [6, 6.07) is 10.1. The van der Waals surface area contributed by atoms with Gasteiger partial charge in [-0.2, -0.15) is 5.26 Å². The van der Waals surface area contributed by atoms with Crippen LogP contribution in [0.1, 0.15) is 29.2 Å². The standard InChI is InChI=1S/C16H14N4S/c1-10-9-21-16(19-10)11(2)20-15-12(7-17)8-18-14-6-4-3-5-13(14)15/h3-6,8-9,11H,1-2H3,(H,18,20). The van der Waals surface area contributed by atoms with Crippen LogP contribution in [0.15, 0.2) is 35.8 Å². The number of aromatic nitrogens is 2. The van der Waals surface area contributed by atoms with Crippen LogP contribution in [0.25, 0.3) is 10.9 Å². The largest absolute Gasteiger partial charge is 0.374 e. The summed E-state index contributed by atoms with van der Waals surface area (Å²) < 4.78 is 0. The molecule has 3 rings (SSSR count). The van der Waals surface area contributed by atoms with Crippen LogP contribution >= 0.6 is 11.3 Å². The van der Waals surface area contributed by atoms with E-state index >= 15 is 0 Å². The Hall–Kier alpha value is -2.45. The first-order valence-electron chi connectivity index (χ1n) is 6.65. The topological polar surface area (TPSA) is 61.6 Å². The average Bonchev–Trinajstić information content (AvgIpc) is 2.94. The molecule has 2 heterocycles. The van der Waals surface area contributed by atoms with E-state index in [1.54, 1.807) is 17.5 Å². The van der Waals surface area contributed by atoms with Gasteiger partial charge in [0, 0.05) is 22.7 Å². The van der Waals surface area contributed by atoms with Gasteiger partial charge in [0.1, 0.15) is 11.1 Å². The first-order valence-corrected chi connectivity index (χ1v) is 7.53. The smallest absolute Gasteiger partial charge is 0.115 e. The highest BCUT2D eigenvalue weighted by molar-refractivity contribution is 7.09. The van der Waals surface area contributed by atoms with Crippen molar-refractivity contribution in [2.24, 2.45) is 0 Å². The van der Waals surface area contributed by atoms with Gasteiger partial charge in [-0.1, -0.05) is 18.2 Å².